The highest BCUT2D eigenvalue weighted by molar-refractivity contribution is 6.48. The van der Waals surface area contributed by atoms with E-state index in [4.69, 9.17) is 51.5 Å². The number of carboxylic acids is 1. The van der Waals surface area contributed by atoms with E-state index in [0.717, 1.165) is 0 Å². The average molecular weight is 254 g/mol. The number of halogens is 4. The molecular formula is C6H8Cl4O2. The van der Waals surface area contributed by atoms with Gasteiger partial charge in [0.15, 0.2) is 0 Å². The highest BCUT2D eigenvalue weighted by Gasteiger charge is 2.19. The number of alkyl halides is 4. The fraction of sp³-hybridized carbons (Fsp3) is 0.833. The summed E-state index contributed by atoms with van der Waals surface area (Å²) >= 11 is 22.2. The third kappa shape index (κ3) is 6.18. The number of rotatable bonds is 5. The Morgan fingerprint density at radius 2 is 1.75 bits per heavy atom. The van der Waals surface area contributed by atoms with Gasteiger partial charge in [-0.15, -0.1) is 46.4 Å². The topological polar surface area (TPSA) is 37.3 Å². The fourth-order valence-corrected chi connectivity index (χ4v) is 1.46. The first-order valence-corrected chi connectivity index (χ1v) is 4.96. The van der Waals surface area contributed by atoms with Gasteiger partial charge in [-0.25, -0.2) is 0 Å². The lowest BCUT2D eigenvalue weighted by Crippen LogP contribution is -2.17. The second-order valence-electron chi connectivity index (χ2n) is 2.28. The summed E-state index contributed by atoms with van der Waals surface area (Å²) in [6.07, 6.45) is 0.151. The smallest absolute Gasteiger partial charge is 0.304 e. The lowest BCUT2D eigenvalue weighted by Gasteiger charge is -2.12. The summed E-state index contributed by atoms with van der Waals surface area (Å²) in [6, 6.07) is 0. The quantitative estimate of drug-likeness (QED) is 0.766. The predicted molar refractivity (Wildman–Crippen MR) is 51.6 cm³/mol. The van der Waals surface area contributed by atoms with Gasteiger partial charge in [0, 0.05) is 5.38 Å². The first kappa shape index (κ1) is 12.6. The van der Waals surface area contributed by atoms with Crippen LogP contribution in [0, 0.1) is 0 Å². The van der Waals surface area contributed by atoms with E-state index >= 15 is 0 Å². The molecule has 0 heterocycles. The van der Waals surface area contributed by atoms with Crippen molar-refractivity contribution >= 4 is 52.4 Å². The zero-order chi connectivity index (χ0) is 9.72. The molecule has 0 aliphatic carbocycles. The van der Waals surface area contributed by atoms with Gasteiger partial charge in [0.25, 0.3) is 0 Å². The van der Waals surface area contributed by atoms with E-state index in [9.17, 15) is 4.79 Å². The molecule has 2 unspecified atom stereocenters. The van der Waals surface area contributed by atoms with Gasteiger partial charge in [-0.2, -0.15) is 0 Å². The van der Waals surface area contributed by atoms with E-state index < -0.39 is 21.6 Å². The SMILES string of the molecule is O=C(O)CC(Cl)CC(Cl)C(Cl)Cl. The summed E-state index contributed by atoms with van der Waals surface area (Å²) in [6.45, 7) is 0. The molecule has 0 amide bonds. The first-order chi connectivity index (χ1) is 5.43. The number of hydrogen-bond donors (Lipinski definition) is 1. The molecule has 0 aromatic carbocycles. The van der Waals surface area contributed by atoms with Crippen LogP contribution in [-0.2, 0) is 4.79 Å². The second-order valence-corrected chi connectivity index (χ2v) is 4.62. The summed E-state index contributed by atoms with van der Waals surface area (Å²) in [5, 5.41) is 7.31. The van der Waals surface area contributed by atoms with Gasteiger partial charge in [-0.05, 0) is 6.42 Å². The van der Waals surface area contributed by atoms with Crippen molar-refractivity contribution in [3.63, 3.8) is 0 Å². The monoisotopic (exact) mass is 252 g/mol. The molecule has 0 aliphatic rings. The Hall–Kier alpha value is 0.630. The molecule has 0 saturated carbocycles. The molecule has 2 atom stereocenters. The van der Waals surface area contributed by atoms with Crippen LogP contribution in [0.15, 0.2) is 0 Å². The Morgan fingerprint density at radius 1 is 1.25 bits per heavy atom. The van der Waals surface area contributed by atoms with E-state index in [2.05, 4.69) is 0 Å². The molecule has 0 saturated heterocycles. The maximum absolute atomic E-state index is 10.2. The number of hydrogen-bond acceptors (Lipinski definition) is 1. The summed E-state index contributed by atoms with van der Waals surface area (Å²) in [7, 11) is 0. The van der Waals surface area contributed by atoms with Crippen LogP contribution in [0.5, 0.6) is 0 Å². The van der Waals surface area contributed by atoms with Crippen LogP contribution < -0.4 is 0 Å². The largest absolute Gasteiger partial charge is 0.481 e. The molecule has 0 aliphatic heterocycles. The van der Waals surface area contributed by atoms with Crippen LogP contribution in [0.1, 0.15) is 12.8 Å². The van der Waals surface area contributed by atoms with Crippen LogP contribution in [0.3, 0.4) is 0 Å². The molecule has 2 nitrogen and oxygen atoms in total. The first-order valence-electron chi connectivity index (χ1n) is 3.21. The van der Waals surface area contributed by atoms with Crippen LogP contribution in [-0.4, -0.2) is 26.7 Å². The highest BCUT2D eigenvalue weighted by Crippen LogP contribution is 2.22. The molecule has 12 heavy (non-hydrogen) atoms. The van der Waals surface area contributed by atoms with Crippen molar-refractivity contribution < 1.29 is 9.90 Å². The third-order valence-electron chi connectivity index (χ3n) is 1.15. The molecule has 6 heteroatoms. The predicted octanol–water partition coefficient (Wildman–Crippen LogP) is 2.87. The molecule has 0 spiro atoms. The zero-order valence-corrected chi connectivity index (χ0v) is 9.04. The van der Waals surface area contributed by atoms with E-state index in [1.54, 1.807) is 0 Å². The van der Waals surface area contributed by atoms with Crippen molar-refractivity contribution in [1.29, 1.82) is 0 Å². The number of aliphatic carboxylic acids is 1. The minimum atomic E-state index is -0.959. The Labute approximate surface area is 90.7 Å². The molecule has 0 aromatic heterocycles. The summed E-state index contributed by atoms with van der Waals surface area (Å²) in [4.78, 5) is 9.45. The van der Waals surface area contributed by atoms with Crippen molar-refractivity contribution in [2.45, 2.75) is 28.4 Å². The molecule has 0 rings (SSSR count). The van der Waals surface area contributed by atoms with Crippen LogP contribution in [0.2, 0.25) is 0 Å². The Morgan fingerprint density at radius 3 is 2.08 bits per heavy atom. The molecule has 0 aromatic rings. The highest BCUT2D eigenvalue weighted by atomic mass is 35.5. The van der Waals surface area contributed by atoms with Crippen molar-refractivity contribution in [2.75, 3.05) is 0 Å². The minimum Gasteiger partial charge on any atom is -0.481 e. The standard InChI is InChI=1S/C6H8Cl4O2/c7-3(2-5(11)12)1-4(8)6(9)10/h3-4,6H,1-2H2,(H,11,12). The molecule has 72 valence electrons. The van der Waals surface area contributed by atoms with Gasteiger partial charge < -0.3 is 5.11 Å². The summed E-state index contributed by atoms with van der Waals surface area (Å²) in [5.74, 6) is -0.959. The van der Waals surface area contributed by atoms with Gasteiger partial charge in [-0.3, -0.25) is 4.79 Å². The Bertz CT molecular complexity index is 150. The third-order valence-corrected chi connectivity index (χ3v) is 2.78. The normalized spacial score (nSPS) is 16.1. The summed E-state index contributed by atoms with van der Waals surface area (Å²) in [5.41, 5.74) is 0. The minimum absolute atomic E-state index is 0.134. The van der Waals surface area contributed by atoms with Crippen molar-refractivity contribution in [3.8, 4) is 0 Å². The van der Waals surface area contributed by atoms with Gasteiger partial charge in [0.1, 0.15) is 4.84 Å². The van der Waals surface area contributed by atoms with Crippen LogP contribution in [0.25, 0.3) is 0 Å². The van der Waals surface area contributed by atoms with Gasteiger partial charge >= 0.3 is 5.97 Å². The second kappa shape index (κ2) is 6.14. The average Bonchev–Trinajstić information content (AvgIpc) is 1.84. The van der Waals surface area contributed by atoms with E-state index in [1.165, 1.54) is 0 Å². The molecule has 0 fully saturated rings. The molecule has 0 radical (unpaired) electrons. The Balaban J connectivity index is 3.68. The Kier molecular flexibility index (Phi) is 6.46. The summed E-state index contributed by atoms with van der Waals surface area (Å²) < 4.78 is 0. The number of carbonyl (C=O) groups is 1. The fourth-order valence-electron chi connectivity index (χ4n) is 0.620. The van der Waals surface area contributed by atoms with Gasteiger partial charge in [0.2, 0.25) is 0 Å². The molecular weight excluding hydrogens is 246 g/mol. The van der Waals surface area contributed by atoms with Crippen molar-refractivity contribution in [1.82, 2.24) is 0 Å². The van der Waals surface area contributed by atoms with Gasteiger partial charge in [0.05, 0.1) is 11.8 Å². The number of carboxylic acid groups (broad SMARTS) is 1. The van der Waals surface area contributed by atoms with Gasteiger partial charge in [-0.1, -0.05) is 0 Å². The van der Waals surface area contributed by atoms with Crippen molar-refractivity contribution in [3.05, 3.63) is 0 Å². The zero-order valence-electron chi connectivity index (χ0n) is 6.01. The van der Waals surface area contributed by atoms with Crippen LogP contribution >= 0.6 is 46.4 Å². The maximum atomic E-state index is 10.2. The van der Waals surface area contributed by atoms with Crippen LogP contribution in [0.4, 0.5) is 0 Å². The van der Waals surface area contributed by atoms with Crippen molar-refractivity contribution in [2.24, 2.45) is 0 Å². The van der Waals surface area contributed by atoms with E-state index in [-0.39, 0.29) is 12.8 Å². The lowest BCUT2D eigenvalue weighted by molar-refractivity contribution is -0.137. The lowest BCUT2D eigenvalue weighted by atomic mass is 10.2. The molecule has 0 bridgehead atoms. The van der Waals surface area contributed by atoms with E-state index in [1.807, 2.05) is 0 Å². The maximum Gasteiger partial charge on any atom is 0.304 e. The molecule has 1 N–H and O–H groups in total. The van der Waals surface area contributed by atoms with E-state index in [0.29, 0.717) is 0 Å².